The molecule has 2 aromatic rings. The van der Waals surface area contributed by atoms with Crippen molar-refractivity contribution in [1.82, 2.24) is 0 Å². The number of phenols is 1. The highest BCUT2D eigenvalue weighted by Gasteiger charge is 2.25. The van der Waals surface area contributed by atoms with E-state index < -0.39 is 0 Å². The van der Waals surface area contributed by atoms with Crippen LogP contribution in [-0.2, 0) is 17.4 Å². The lowest BCUT2D eigenvalue weighted by Crippen LogP contribution is -2.17. The van der Waals surface area contributed by atoms with Crippen LogP contribution < -0.4 is 11.1 Å². The van der Waals surface area contributed by atoms with E-state index in [1.165, 1.54) is 5.56 Å². The molecular formula is C21H30N2O. The molecule has 0 atom stereocenters. The molecule has 0 aliphatic heterocycles. The standard InChI is InChI=1S/C21H30N2O/c1-20(2,3)15-11-16(21(4,5)6)19(24)18(12-15)23-17-10-8-7-9-14(17)13-22/h7-12,23-24H,13,22H2,1-6H3. The predicted octanol–water partition coefficient (Wildman–Crippen LogP) is 5.19. The Labute approximate surface area is 145 Å². The van der Waals surface area contributed by atoms with Crippen molar-refractivity contribution in [3.8, 4) is 5.75 Å². The molecule has 0 aliphatic rings. The highest BCUT2D eigenvalue weighted by atomic mass is 16.3. The van der Waals surface area contributed by atoms with Gasteiger partial charge in [0.2, 0.25) is 0 Å². The number of phenolic OH excluding ortho intramolecular Hbond substituents is 1. The van der Waals surface area contributed by atoms with Crippen molar-refractivity contribution in [3.63, 3.8) is 0 Å². The number of benzene rings is 2. The van der Waals surface area contributed by atoms with Crippen molar-refractivity contribution in [2.45, 2.75) is 58.9 Å². The molecule has 0 bridgehead atoms. The summed E-state index contributed by atoms with van der Waals surface area (Å²) in [5, 5.41) is 14.2. The van der Waals surface area contributed by atoms with Crippen LogP contribution in [0.1, 0.15) is 58.2 Å². The number of hydrogen-bond donors (Lipinski definition) is 3. The van der Waals surface area contributed by atoms with Crippen molar-refractivity contribution >= 4 is 11.4 Å². The Hall–Kier alpha value is -2.00. The SMILES string of the molecule is CC(C)(C)c1cc(Nc2ccccc2CN)c(O)c(C(C)(C)C)c1. The van der Waals surface area contributed by atoms with Gasteiger partial charge in [0, 0.05) is 17.8 Å². The van der Waals surface area contributed by atoms with Gasteiger partial charge < -0.3 is 16.2 Å². The molecule has 0 heterocycles. The number of rotatable bonds is 3. The van der Waals surface area contributed by atoms with Crippen molar-refractivity contribution in [3.05, 3.63) is 53.1 Å². The third-order valence-electron chi connectivity index (χ3n) is 4.29. The number of nitrogens with one attached hydrogen (secondary N) is 1. The van der Waals surface area contributed by atoms with Crippen LogP contribution in [0.4, 0.5) is 11.4 Å². The summed E-state index contributed by atoms with van der Waals surface area (Å²) in [5.74, 6) is 0.308. The van der Waals surface area contributed by atoms with Gasteiger partial charge in [-0.15, -0.1) is 0 Å². The molecule has 3 nitrogen and oxygen atoms in total. The van der Waals surface area contributed by atoms with Gasteiger partial charge in [0.05, 0.1) is 5.69 Å². The maximum absolute atomic E-state index is 10.8. The summed E-state index contributed by atoms with van der Waals surface area (Å²) in [6.45, 7) is 13.4. The second kappa shape index (κ2) is 6.48. The number of aromatic hydroxyl groups is 1. The van der Waals surface area contributed by atoms with Gasteiger partial charge in [-0.1, -0.05) is 65.8 Å². The smallest absolute Gasteiger partial charge is 0.142 e. The van der Waals surface area contributed by atoms with Crippen molar-refractivity contribution in [2.24, 2.45) is 5.73 Å². The Bertz CT molecular complexity index is 722. The fourth-order valence-corrected chi connectivity index (χ4v) is 2.70. The van der Waals surface area contributed by atoms with E-state index in [2.05, 4.69) is 52.9 Å². The molecule has 3 heteroatoms. The lowest BCUT2D eigenvalue weighted by atomic mass is 9.79. The lowest BCUT2D eigenvalue weighted by Gasteiger charge is -2.28. The molecule has 0 aliphatic carbocycles. The van der Waals surface area contributed by atoms with Crippen LogP contribution in [0, 0.1) is 0 Å². The lowest BCUT2D eigenvalue weighted by molar-refractivity contribution is 0.447. The molecule has 0 spiro atoms. The summed E-state index contributed by atoms with van der Waals surface area (Å²) in [6.07, 6.45) is 0. The minimum Gasteiger partial charge on any atom is -0.505 e. The van der Waals surface area contributed by atoms with Gasteiger partial charge in [-0.2, -0.15) is 0 Å². The Balaban J connectivity index is 2.60. The predicted molar refractivity (Wildman–Crippen MR) is 103 cm³/mol. The van der Waals surface area contributed by atoms with E-state index in [1.54, 1.807) is 0 Å². The van der Waals surface area contributed by atoms with Crippen molar-refractivity contribution in [2.75, 3.05) is 5.32 Å². The fourth-order valence-electron chi connectivity index (χ4n) is 2.70. The molecule has 2 rings (SSSR count). The number of nitrogens with two attached hydrogens (primary N) is 1. The molecule has 0 radical (unpaired) electrons. The first-order valence-corrected chi connectivity index (χ1v) is 8.47. The third-order valence-corrected chi connectivity index (χ3v) is 4.29. The molecule has 4 N–H and O–H groups in total. The minimum absolute atomic E-state index is 0.00247. The van der Waals surface area contributed by atoms with E-state index in [1.807, 2.05) is 30.3 Å². The Morgan fingerprint density at radius 3 is 2.08 bits per heavy atom. The maximum atomic E-state index is 10.8. The van der Waals surface area contributed by atoms with Gasteiger partial charge in [-0.3, -0.25) is 0 Å². The van der Waals surface area contributed by atoms with Crippen LogP contribution in [0.25, 0.3) is 0 Å². The largest absolute Gasteiger partial charge is 0.505 e. The van der Waals surface area contributed by atoms with Gasteiger partial charge >= 0.3 is 0 Å². The maximum Gasteiger partial charge on any atom is 0.142 e. The van der Waals surface area contributed by atoms with E-state index in [0.29, 0.717) is 12.3 Å². The summed E-state index contributed by atoms with van der Waals surface area (Å²) >= 11 is 0. The quantitative estimate of drug-likeness (QED) is 0.680. The summed E-state index contributed by atoms with van der Waals surface area (Å²) < 4.78 is 0. The Morgan fingerprint density at radius 1 is 0.917 bits per heavy atom. The molecular weight excluding hydrogens is 296 g/mol. The zero-order chi connectivity index (χ0) is 18.1. The highest BCUT2D eigenvalue weighted by Crippen LogP contribution is 2.41. The normalized spacial score (nSPS) is 12.3. The monoisotopic (exact) mass is 326 g/mol. The van der Waals surface area contributed by atoms with Gasteiger partial charge in [-0.05, 0) is 34.1 Å². The molecule has 24 heavy (non-hydrogen) atoms. The zero-order valence-corrected chi connectivity index (χ0v) is 15.7. The third kappa shape index (κ3) is 3.90. The van der Waals surface area contributed by atoms with E-state index in [-0.39, 0.29) is 10.8 Å². The summed E-state index contributed by atoms with van der Waals surface area (Å²) in [5.41, 5.74) is 10.5. The van der Waals surface area contributed by atoms with E-state index >= 15 is 0 Å². The Kier molecular flexibility index (Phi) is 4.95. The molecule has 0 unspecified atom stereocenters. The summed E-state index contributed by atoms with van der Waals surface area (Å²) in [4.78, 5) is 0. The van der Waals surface area contributed by atoms with E-state index in [9.17, 15) is 5.11 Å². The highest BCUT2D eigenvalue weighted by molar-refractivity contribution is 5.71. The van der Waals surface area contributed by atoms with Gasteiger partial charge in [-0.25, -0.2) is 0 Å². The van der Waals surface area contributed by atoms with Gasteiger partial charge in [0.15, 0.2) is 0 Å². The topological polar surface area (TPSA) is 58.3 Å². The molecule has 0 saturated heterocycles. The minimum atomic E-state index is -0.144. The first-order valence-electron chi connectivity index (χ1n) is 8.47. The number of hydrogen-bond acceptors (Lipinski definition) is 3. The second-order valence-electron chi connectivity index (χ2n) is 8.41. The molecule has 0 fully saturated rings. The van der Waals surface area contributed by atoms with Crippen LogP contribution in [-0.4, -0.2) is 5.11 Å². The van der Waals surface area contributed by atoms with Gasteiger partial charge in [0.1, 0.15) is 5.75 Å². The summed E-state index contributed by atoms with van der Waals surface area (Å²) in [6, 6.07) is 12.1. The first-order chi connectivity index (χ1) is 11.0. The second-order valence-corrected chi connectivity index (χ2v) is 8.41. The molecule has 0 aromatic heterocycles. The van der Waals surface area contributed by atoms with Crippen LogP contribution in [0.15, 0.2) is 36.4 Å². The Morgan fingerprint density at radius 2 is 1.54 bits per heavy atom. The van der Waals surface area contributed by atoms with Crippen LogP contribution in [0.5, 0.6) is 5.75 Å². The number of para-hydroxylation sites is 1. The van der Waals surface area contributed by atoms with E-state index in [4.69, 9.17) is 5.73 Å². The average Bonchev–Trinajstić information content (AvgIpc) is 2.47. The van der Waals surface area contributed by atoms with Crippen molar-refractivity contribution in [1.29, 1.82) is 0 Å². The van der Waals surface area contributed by atoms with Gasteiger partial charge in [0.25, 0.3) is 0 Å². The first kappa shape index (κ1) is 18.3. The van der Waals surface area contributed by atoms with Crippen LogP contribution >= 0.6 is 0 Å². The average molecular weight is 326 g/mol. The van der Waals surface area contributed by atoms with Crippen LogP contribution in [0.3, 0.4) is 0 Å². The zero-order valence-electron chi connectivity index (χ0n) is 15.7. The number of anilines is 2. The molecule has 130 valence electrons. The summed E-state index contributed by atoms with van der Waals surface area (Å²) in [7, 11) is 0. The van der Waals surface area contributed by atoms with E-state index in [0.717, 1.165) is 22.5 Å². The molecule has 0 saturated carbocycles. The van der Waals surface area contributed by atoms with Crippen LogP contribution in [0.2, 0.25) is 0 Å². The fraction of sp³-hybridized carbons (Fsp3) is 0.429. The molecule has 2 aromatic carbocycles. The van der Waals surface area contributed by atoms with Crippen molar-refractivity contribution < 1.29 is 5.11 Å². The molecule has 0 amide bonds.